The van der Waals surface area contributed by atoms with Gasteiger partial charge in [-0.25, -0.2) is 4.98 Å². The summed E-state index contributed by atoms with van der Waals surface area (Å²) in [4.78, 5) is 20.6. The highest BCUT2D eigenvalue weighted by atomic mass is 35.5. The average Bonchev–Trinajstić information content (AvgIpc) is 2.62. The van der Waals surface area contributed by atoms with E-state index in [1.807, 2.05) is 13.8 Å². The topological polar surface area (TPSA) is 99.2 Å². The lowest BCUT2D eigenvalue weighted by Crippen LogP contribution is -2.32. The van der Waals surface area contributed by atoms with E-state index < -0.39 is 6.04 Å². The van der Waals surface area contributed by atoms with Crippen LogP contribution in [0.2, 0.25) is 10.0 Å². The molecule has 27 heavy (non-hydrogen) atoms. The number of nitrogens with one attached hydrogen (secondary N) is 3. The molecule has 0 aliphatic rings. The van der Waals surface area contributed by atoms with Gasteiger partial charge in [-0.3, -0.25) is 4.79 Å². The van der Waals surface area contributed by atoms with E-state index in [0.29, 0.717) is 28.4 Å². The van der Waals surface area contributed by atoms with Crippen LogP contribution < -0.4 is 16.0 Å². The van der Waals surface area contributed by atoms with E-state index in [1.54, 1.807) is 24.3 Å². The second-order valence-corrected chi connectivity index (χ2v) is 7.07. The van der Waals surface area contributed by atoms with Crippen molar-refractivity contribution in [3.05, 3.63) is 46.1 Å². The Morgan fingerprint density at radius 2 is 2.07 bits per heavy atom. The Kier molecular flexibility index (Phi) is 8.09. The minimum atomic E-state index is -0.513. The van der Waals surface area contributed by atoms with Gasteiger partial charge in [0, 0.05) is 24.0 Å². The first-order valence-corrected chi connectivity index (χ1v) is 9.33. The fraction of sp³-hybridized carbons (Fsp3) is 0.389. The van der Waals surface area contributed by atoms with Crippen molar-refractivity contribution in [2.45, 2.75) is 32.4 Å². The fourth-order valence-electron chi connectivity index (χ4n) is 2.34. The van der Waals surface area contributed by atoms with Crippen LogP contribution >= 0.6 is 23.2 Å². The van der Waals surface area contributed by atoms with E-state index in [4.69, 9.17) is 23.2 Å². The normalized spacial score (nSPS) is 11.9. The number of anilines is 2. The first-order valence-electron chi connectivity index (χ1n) is 8.57. The van der Waals surface area contributed by atoms with Crippen molar-refractivity contribution in [3.8, 4) is 0 Å². The van der Waals surface area contributed by atoms with Crippen LogP contribution in [0, 0.1) is 0 Å². The lowest BCUT2D eigenvalue weighted by molar-refractivity contribution is -0.121. The van der Waals surface area contributed by atoms with Crippen molar-refractivity contribution in [2.24, 2.45) is 0 Å². The molecule has 1 aromatic heterocycles. The highest BCUT2D eigenvalue weighted by molar-refractivity contribution is 6.32. The average molecular weight is 412 g/mol. The van der Waals surface area contributed by atoms with Crippen molar-refractivity contribution >= 4 is 40.9 Å². The third-order valence-electron chi connectivity index (χ3n) is 3.58. The smallest absolute Gasteiger partial charge is 0.224 e. The first kappa shape index (κ1) is 21.2. The highest BCUT2D eigenvalue weighted by Crippen LogP contribution is 2.20. The van der Waals surface area contributed by atoms with Gasteiger partial charge in [0.15, 0.2) is 0 Å². The van der Waals surface area contributed by atoms with Crippen LogP contribution in [0.1, 0.15) is 31.9 Å². The maximum atomic E-state index is 12.2. The number of aliphatic hydroxyl groups excluding tert-OH is 1. The number of carbonyl (C=O) groups is 1. The number of carbonyl (C=O) groups excluding carboxylic acids is 1. The minimum absolute atomic E-state index is 0.185. The largest absolute Gasteiger partial charge is 0.394 e. The molecule has 0 aliphatic carbocycles. The Morgan fingerprint density at radius 1 is 1.30 bits per heavy atom. The van der Waals surface area contributed by atoms with Gasteiger partial charge in [-0.05, 0) is 31.5 Å². The van der Waals surface area contributed by atoms with E-state index >= 15 is 0 Å². The Labute approximate surface area is 168 Å². The Bertz CT molecular complexity index is 773. The van der Waals surface area contributed by atoms with Crippen LogP contribution in [-0.2, 0) is 4.79 Å². The minimum Gasteiger partial charge on any atom is -0.394 e. The number of hydrogen-bond acceptors (Lipinski definition) is 6. The summed E-state index contributed by atoms with van der Waals surface area (Å²) in [6, 6.07) is 6.69. The molecule has 4 N–H and O–H groups in total. The van der Waals surface area contributed by atoms with Crippen molar-refractivity contribution in [1.29, 1.82) is 0 Å². The standard InChI is InChI=1S/C18H23Cl2N5O2/c1-11(2)23-18-22-9-14(20)17(25-18)21-7-6-16(27)24-15(10-26)12-4-3-5-13(19)8-12/h3-5,8-9,11,15,26H,6-7,10H2,1-2H3,(H,24,27)(H2,21,22,23,25)/t15-/m1/s1. The molecule has 7 nitrogen and oxygen atoms in total. The summed E-state index contributed by atoms with van der Waals surface area (Å²) in [5, 5.41) is 19.4. The summed E-state index contributed by atoms with van der Waals surface area (Å²) in [6.45, 7) is 4.07. The molecule has 2 aromatic rings. The molecule has 9 heteroatoms. The van der Waals surface area contributed by atoms with E-state index in [0.717, 1.165) is 5.56 Å². The molecule has 0 unspecified atom stereocenters. The van der Waals surface area contributed by atoms with Crippen molar-refractivity contribution in [3.63, 3.8) is 0 Å². The van der Waals surface area contributed by atoms with Crippen LogP contribution in [0.4, 0.5) is 11.8 Å². The molecule has 0 radical (unpaired) electrons. The highest BCUT2D eigenvalue weighted by Gasteiger charge is 2.14. The Balaban J connectivity index is 1.88. The number of aromatic nitrogens is 2. The van der Waals surface area contributed by atoms with Gasteiger partial charge in [-0.1, -0.05) is 35.3 Å². The van der Waals surface area contributed by atoms with Crippen LogP contribution in [0.25, 0.3) is 0 Å². The van der Waals surface area contributed by atoms with Crippen LogP contribution in [-0.4, -0.2) is 40.2 Å². The van der Waals surface area contributed by atoms with Gasteiger partial charge in [0.1, 0.15) is 10.8 Å². The number of aliphatic hydroxyl groups is 1. The number of hydrogen-bond donors (Lipinski definition) is 4. The number of nitrogens with zero attached hydrogens (tertiary/aromatic N) is 2. The zero-order valence-corrected chi connectivity index (χ0v) is 16.7. The van der Waals surface area contributed by atoms with Crippen molar-refractivity contribution in [1.82, 2.24) is 15.3 Å². The van der Waals surface area contributed by atoms with Crippen molar-refractivity contribution in [2.75, 3.05) is 23.8 Å². The van der Waals surface area contributed by atoms with E-state index in [-0.39, 0.29) is 25.0 Å². The van der Waals surface area contributed by atoms with E-state index in [2.05, 4.69) is 25.9 Å². The Morgan fingerprint density at radius 3 is 2.74 bits per heavy atom. The summed E-state index contributed by atoms with van der Waals surface area (Å²) in [5.41, 5.74) is 0.745. The molecule has 1 heterocycles. The lowest BCUT2D eigenvalue weighted by atomic mass is 10.1. The summed E-state index contributed by atoms with van der Waals surface area (Å²) >= 11 is 12.0. The van der Waals surface area contributed by atoms with Crippen LogP contribution in [0.15, 0.2) is 30.5 Å². The molecule has 0 bridgehead atoms. The van der Waals surface area contributed by atoms with Gasteiger partial charge in [0.25, 0.3) is 0 Å². The predicted molar refractivity (Wildman–Crippen MR) is 108 cm³/mol. The molecule has 146 valence electrons. The number of benzene rings is 1. The maximum absolute atomic E-state index is 12.2. The number of halogens is 2. The third-order valence-corrected chi connectivity index (χ3v) is 4.09. The molecule has 0 saturated heterocycles. The second kappa shape index (κ2) is 10.3. The first-order chi connectivity index (χ1) is 12.9. The van der Waals surface area contributed by atoms with E-state index in [9.17, 15) is 9.90 Å². The lowest BCUT2D eigenvalue weighted by Gasteiger charge is -2.17. The maximum Gasteiger partial charge on any atom is 0.224 e. The number of rotatable bonds is 9. The zero-order chi connectivity index (χ0) is 19.8. The number of amides is 1. The summed E-state index contributed by atoms with van der Waals surface area (Å²) < 4.78 is 0. The predicted octanol–water partition coefficient (Wildman–Crippen LogP) is 3.26. The third kappa shape index (κ3) is 6.86. The molecule has 1 amide bonds. The van der Waals surface area contributed by atoms with Crippen molar-refractivity contribution < 1.29 is 9.90 Å². The van der Waals surface area contributed by atoms with Gasteiger partial charge >= 0.3 is 0 Å². The molecule has 1 aromatic carbocycles. The Hall–Kier alpha value is -2.09. The molecule has 1 atom stereocenters. The van der Waals surface area contributed by atoms with Gasteiger partial charge in [0.2, 0.25) is 11.9 Å². The SMILES string of the molecule is CC(C)Nc1ncc(Cl)c(NCCC(=O)N[C@H](CO)c2cccc(Cl)c2)n1. The van der Waals surface area contributed by atoms with Crippen LogP contribution in [0.3, 0.4) is 0 Å². The van der Waals surface area contributed by atoms with Gasteiger partial charge in [0.05, 0.1) is 18.8 Å². The second-order valence-electron chi connectivity index (χ2n) is 6.22. The molecule has 2 rings (SSSR count). The summed E-state index contributed by atoms with van der Waals surface area (Å²) in [6.07, 6.45) is 1.69. The van der Waals surface area contributed by atoms with Gasteiger partial charge < -0.3 is 21.1 Å². The van der Waals surface area contributed by atoms with E-state index in [1.165, 1.54) is 6.20 Å². The molecule has 0 saturated carbocycles. The summed E-state index contributed by atoms with van der Waals surface area (Å²) in [7, 11) is 0. The van der Waals surface area contributed by atoms with Gasteiger partial charge in [-0.15, -0.1) is 0 Å². The zero-order valence-electron chi connectivity index (χ0n) is 15.2. The molecule has 0 fully saturated rings. The molecule has 0 spiro atoms. The quantitative estimate of drug-likeness (QED) is 0.505. The molecule has 0 aliphatic heterocycles. The van der Waals surface area contributed by atoms with Crippen LogP contribution in [0.5, 0.6) is 0 Å². The monoisotopic (exact) mass is 411 g/mol. The fourth-order valence-corrected chi connectivity index (χ4v) is 2.69. The molecular formula is C18H23Cl2N5O2. The molecular weight excluding hydrogens is 389 g/mol. The van der Waals surface area contributed by atoms with Gasteiger partial charge in [-0.2, -0.15) is 4.98 Å². The summed E-state index contributed by atoms with van der Waals surface area (Å²) in [5.74, 6) is 0.700.